The Balaban J connectivity index is 1.89. The van der Waals surface area contributed by atoms with Gasteiger partial charge in [0.25, 0.3) is 0 Å². The molecule has 1 aromatic carbocycles. The van der Waals surface area contributed by atoms with Crippen molar-refractivity contribution < 1.29 is 4.74 Å². The zero-order chi connectivity index (χ0) is 11.9. The Bertz CT molecular complexity index is 358. The van der Waals surface area contributed by atoms with E-state index in [1.54, 1.807) is 5.98 Å². The Kier molecular flexibility index (Phi) is 4.83. The van der Waals surface area contributed by atoms with Crippen molar-refractivity contribution >= 4 is 7.85 Å². The van der Waals surface area contributed by atoms with Gasteiger partial charge < -0.3 is 4.74 Å². The van der Waals surface area contributed by atoms with Gasteiger partial charge in [-0.1, -0.05) is 35.9 Å². The van der Waals surface area contributed by atoms with Crippen LogP contribution in [0.4, 0.5) is 0 Å². The van der Waals surface area contributed by atoms with Gasteiger partial charge >= 0.3 is 0 Å². The van der Waals surface area contributed by atoms with Crippen LogP contribution in [0.25, 0.3) is 0 Å². The van der Waals surface area contributed by atoms with E-state index in [-0.39, 0.29) is 0 Å². The van der Waals surface area contributed by atoms with Gasteiger partial charge in [0, 0.05) is 19.6 Å². The van der Waals surface area contributed by atoms with Gasteiger partial charge in [-0.05, 0) is 12.0 Å². The molecule has 88 valence electrons. The molecule has 0 atom stereocenters. The SMILES string of the molecule is [B]/C=C(/Cc1ccccc1)CN1CCOCC1. The Morgan fingerprint density at radius 1 is 1.24 bits per heavy atom. The quantitative estimate of drug-likeness (QED) is 0.724. The van der Waals surface area contributed by atoms with Crippen molar-refractivity contribution in [3.8, 4) is 0 Å². The van der Waals surface area contributed by atoms with Gasteiger partial charge in [-0.3, -0.25) is 4.90 Å². The Labute approximate surface area is 105 Å². The summed E-state index contributed by atoms with van der Waals surface area (Å²) in [6.07, 6.45) is 0.939. The van der Waals surface area contributed by atoms with Gasteiger partial charge in [-0.25, -0.2) is 0 Å². The molecule has 2 rings (SSSR count). The molecule has 0 bridgehead atoms. The summed E-state index contributed by atoms with van der Waals surface area (Å²) in [5.41, 5.74) is 2.59. The fourth-order valence-electron chi connectivity index (χ4n) is 2.07. The minimum absolute atomic E-state index is 0.836. The molecule has 1 fully saturated rings. The van der Waals surface area contributed by atoms with Crippen LogP contribution in [0.15, 0.2) is 41.9 Å². The molecule has 0 aliphatic carbocycles. The third-order valence-electron chi connectivity index (χ3n) is 3.04. The normalized spacial score (nSPS) is 18.2. The summed E-state index contributed by atoms with van der Waals surface area (Å²) in [6.45, 7) is 4.64. The van der Waals surface area contributed by atoms with Gasteiger partial charge in [0.15, 0.2) is 0 Å². The number of hydrogen-bond acceptors (Lipinski definition) is 2. The highest BCUT2D eigenvalue weighted by molar-refractivity contribution is 6.17. The first kappa shape index (κ1) is 12.4. The van der Waals surface area contributed by atoms with Gasteiger partial charge in [0.05, 0.1) is 13.2 Å². The largest absolute Gasteiger partial charge is 0.379 e. The molecule has 1 aliphatic heterocycles. The molecule has 3 heteroatoms. The van der Waals surface area contributed by atoms with Crippen LogP contribution < -0.4 is 0 Å². The molecule has 1 heterocycles. The fourth-order valence-corrected chi connectivity index (χ4v) is 2.07. The van der Waals surface area contributed by atoms with Crippen LogP contribution in [0.5, 0.6) is 0 Å². The summed E-state index contributed by atoms with van der Waals surface area (Å²) in [5.74, 6) is 1.75. The Morgan fingerprint density at radius 3 is 2.59 bits per heavy atom. The molecule has 1 aromatic rings. The predicted molar refractivity (Wildman–Crippen MR) is 71.2 cm³/mol. The molecule has 0 spiro atoms. The zero-order valence-electron chi connectivity index (χ0n) is 10.1. The summed E-state index contributed by atoms with van der Waals surface area (Å²) < 4.78 is 5.34. The molecule has 1 saturated heterocycles. The van der Waals surface area contributed by atoms with Crippen LogP contribution in [0.1, 0.15) is 5.56 Å². The first-order chi connectivity index (χ1) is 8.38. The van der Waals surface area contributed by atoms with Crippen molar-refractivity contribution in [3.63, 3.8) is 0 Å². The summed E-state index contributed by atoms with van der Waals surface area (Å²) in [6, 6.07) is 10.5. The lowest BCUT2D eigenvalue weighted by Crippen LogP contribution is -2.37. The summed E-state index contributed by atoms with van der Waals surface area (Å²) in [5, 5.41) is 0. The molecule has 1 aliphatic rings. The molecule has 0 N–H and O–H groups in total. The third-order valence-corrected chi connectivity index (χ3v) is 3.04. The average molecular weight is 227 g/mol. The molecular formula is C14H18BNO. The second-order valence-corrected chi connectivity index (χ2v) is 4.38. The number of benzene rings is 1. The second kappa shape index (κ2) is 6.62. The van der Waals surface area contributed by atoms with Crippen molar-refractivity contribution in [2.75, 3.05) is 32.8 Å². The van der Waals surface area contributed by atoms with Crippen LogP contribution in [-0.4, -0.2) is 45.6 Å². The van der Waals surface area contributed by atoms with E-state index in [9.17, 15) is 0 Å². The Hall–Kier alpha value is -1.06. The van der Waals surface area contributed by atoms with E-state index in [2.05, 4.69) is 29.2 Å². The van der Waals surface area contributed by atoms with Gasteiger partial charge in [-0.15, -0.1) is 5.98 Å². The average Bonchev–Trinajstić information content (AvgIpc) is 2.40. The minimum atomic E-state index is 0.836. The van der Waals surface area contributed by atoms with E-state index in [0.29, 0.717) is 0 Å². The molecule has 2 radical (unpaired) electrons. The highest BCUT2D eigenvalue weighted by Gasteiger charge is 2.11. The van der Waals surface area contributed by atoms with Crippen LogP contribution in [0.2, 0.25) is 0 Å². The second-order valence-electron chi connectivity index (χ2n) is 4.38. The fraction of sp³-hybridized carbons (Fsp3) is 0.429. The van der Waals surface area contributed by atoms with Gasteiger partial charge in [0.1, 0.15) is 7.85 Å². The van der Waals surface area contributed by atoms with E-state index in [1.165, 1.54) is 11.1 Å². The highest BCUT2D eigenvalue weighted by atomic mass is 16.5. The van der Waals surface area contributed by atoms with E-state index in [4.69, 9.17) is 12.6 Å². The zero-order valence-corrected chi connectivity index (χ0v) is 10.1. The molecular weight excluding hydrogens is 209 g/mol. The topological polar surface area (TPSA) is 12.5 Å². The smallest absolute Gasteiger partial charge is 0.102 e. The molecule has 0 amide bonds. The van der Waals surface area contributed by atoms with Crippen LogP contribution in [0.3, 0.4) is 0 Å². The maximum absolute atomic E-state index is 5.72. The summed E-state index contributed by atoms with van der Waals surface area (Å²) in [4.78, 5) is 2.39. The maximum Gasteiger partial charge on any atom is 0.102 e. The first-order valence-corrected chi connectivity index (χ1v) is 6.12. The van der Waals surface area contributed by atoms with E-state index in [1.807, 2.05) is 6.07 Å². The molecule has 17 heavy (non-hydrogen) atoms. The molecule has 0 aromatic heterocycles. The van der Waals surface area contributed by atoms with Crippen molar-refractivity contribution in [2.24, 2.45) is 0 Å². The number of rotatable bonds is 4. The van der Waals surface area contributed by atoms with Crippen molar-refractivity contribution in [2.45, 2.75) is 6.42 Å². The third kappa shape index (κ3) is 4.02. The lowest BCUT2D eigenvalue weighted by atomic mass is 9.98. The van der Waals surface area contributed by atoms with Crippen LogP contribution in [-0.2, 0) is 11.2 Å². The minimum Gasteiger partial charge on any atom is -0.379 e. The standard InChI is InChI=1S/C14H18BNO/c15-11-14(10-13-4-2-1-3-5-13)12-16-6-8-17-9-7-16/h1-5,11H,6-10,12H2/b14-11-. The van der Waals surface area contributed by atoms with E-state index >= 15 is 0 Å². The lowest BCUT2D eigenvalue weighted by Gasteiger charge is -2.27. The van der Waals surface area contributed by atoms with Crippen LogP contribution >= 0.6 is 0 Å². The van der Waals surface area contributed by atoms with E-state index in [0.717, 1.165) is 39.3 Å². The van der Waals surface area contributed by atoms with Crippen molar-refractivity contribution in [3.05, 3.63) is 47.4 Å². The number of hydrogen-bond donors (Lipinski definition) is 0. The summed E-state index contributed by atoms with van der Waals surface area (Å²) in [7, 11) is 5.72. The maximum atomic E-state index is 5.72. The van der Waals surface area contributed by atoms with E-state index < -0.39 is 0 Å². The molecule has 0 saturated carbocycles. The van der Waals surface area contributed by atoms with Crippen molar-refractivity contribution in [1.82, 2.24) is 4.90 Å². The van der Waals surface area contributed by atoms with Crippen molar-refractivity contribution in [1.29, 1.82) is 0 Å². The van der Waals surface area contributed by atoms with Gasteiger partial charge in [0.2, 0.25) is 0 Å². The Morgan fingerprint density at radius 2 is 1.94 bits per heavy atom. The van der Waals surface area contributed by atoms with Crippen LogP contribution in [0, 0.1) is 0 Å². The first-order valence-electron chi connectivity index (χ1n) is 6.12. The lowest BCUT2D eigenvalue weighted by molar-refractivity contribution is 0.0421. The molecule has 2 nitrogen and oxygen atoms in total. The highest BCUT2D eigenvalue weighted by Crippen LogP contribution is 2.10. The number of nitrogens with zero attached hydrogens (tertiary/aromatic N) is 1. The predicted octanol–water partition coefficient (Wildman–Crippen LogP) is 1.61. The monoisotopic (exact) mass is 227 g/mol. The molecule has 0 unspecified atom stereocenters. The van der Waals surface area contributed by atoms with Gasteiger partial charge in [-0.2, -0.15) is 0 Å². The summed E-state index contributed by atoms with van der Waals surface area (Å²) >= 11 is 0. The number of ether oxygens (including phenoxy) is 1. The number of morpholine rings is 1.